The van der Waals surface area contributed by atoms with Crippen molar-refractivity contribution in [3.05, 3.63) is 0 Å². The number of hydrogen-bond donors (Lipinski definition) is 2. The molecule has 0 aromatic heterocycles. The molecule has 2 N–H and O–H groups in total. The van der Waals surface area contributed by atoms with Gasteiger partial charge >= 0.3 is 19.8 Å². The van der Waals surface area contributed by atoms with E-state index in [-0.39, 0.29) is 6.42 Å². The van der Waals surface area contributed by atoms with Crippen LogP contribution < -0.4 is 0 Å². The fourth-order valence-electron chi connectivity index (χ4n) is 2.42. The van der Waals surface area contributed by atoms with Gasteiger partial charge in [-0.2, -0.15) is 0 Å². The smallest absolute Gasteiger partial charge is 0.456 e. The maximum atomic E-state index is 12.0. The standard InChI is InChI=1S/C25H29O8P/c1-3-5-7-9-11-13-15-17-19-24(26)31-21-23(22-32-34(28,29)30)33-25(27)20-18-16-14-12-10-8-6-4-2/h1,23H,4,6,8,10,12,14,16,18,20-22H2,2H3,(H2,28,29,30)/t23-/m0/s1. The molecule has 182 valence electrons. The molecule has 8 nitrogen and oxygen atoms in total. The van der Waals surface area contributed by atoms with Crippen molar-refractivity contribution in [3.8, 4) is 59.7 Å². The van der Waals surface area contributed by atoms with Gasteiger partial charge in [-0.15, -0.1) is 6.42 Å². The largest absolute Gasteiger partial charge is 0.469 e. The van der Waals surface area contributed by atoms with E-state index >= 15 is 0 Å². The van der Waals surface area contributed by atoms with Gasteiger partial charge in [-0.05, 0) is 53.8 Å². The molecule has 0 unspecified atom stereocenters. The van der Waals surface area contributed by atoms with Crippen LogP contribution in [0.4, 0.5) is 0 Å². The molecule has 0 aliphatic rings. The normalized spacial score (nSPS) is 10.3. The van der Waals surface area contributed by atoms with Crippen LogP contribution in [0.25, 0.3) is 0 Å². The molecule has 0 aliphatic heterocycles. The van der Waals surface area contributed by atoms with E-state index in [4.69, 9.17) is 25.7 Å². The van der Waals surface area contributed by atoms with E-state index in [2.05, 4.69) is 64.7 Å². The van der Waals surface area contributed by atoms with Gasteiger partial charge in [0.2, 0.25) is 0 Å². The van der Waals surface area contributed by atoms with Gasteiger partial charge in [-0.3, -0.25) is 9.32 Å². The van der Waals surface area contributed by atoms with Crippen molar-refractivity contribution < 1.29 is 37.9 Å². The summed E-state index contributed by atoms with van der Waals surface area (Å²) in [5, 5.41) is 0. The summed E-state index contributed by atoms with van der Waals surface area (Å²) in [7, 11) is -4.80. The van der Waals surface area contributed by atoms with Crippen LogP contribution in [-0.4, -0.2) is 41.0 Å². The number of hydrogen-bond acceptors (Lipinski definition) is 6. The van der Waals surface area contributed by atoms with E-state index in [1.807, 2.05) is 0 Å². The van der Waals surface area contributed by atoms with E-state index in [1.54, 1.807) is 0 Å². The third kappa shape index (κ3) is 22.1. The number of esters is 2. The zero-order valence-corrected chi connectivity index (χ0v) is 20.1. The summed E-state index contributed by atoms with van der Waals surface area (Å²) in [6.07, 6.45) is 12.3. The number of terminal acetylenes is 1. The molecule has 0 aliphatic carbocycles. The first-order valence-corrected chi connectivity index (χ1v) is 12.3. The Hall–Kier alpha value is -3.15. The lowest BCUT2D eigenvalue weighted by Crippen LogP contribution is -2.29. The quantitative estimate of drug-likeness (QED) is 0.119. The summed E-state index contributed by atoms with van der Waals surface area (Å²) in [4.78, 5) is 41.4. The SMILES string of the molecule is C#CC#CC#CC#CC#CC(=O)OC[C@@H](COP(=O)(O)O)OC(=O)CCCCCCCCCC. The predicted molar refractivity (Wildman–Crippen MR) is 126 cm³/mol. The molecule has 0 amide bonds. The Bertz CT molecular complexity index is 973. The number of carbonyl (C=O) groups is 2. The maximum Gasteiger partial charge on any atom is 0.469 e. The predicted octanol–water partition coefficient (Wildman–Crippen LogP) is 2.73. The lowest BCUT2D eigenvalue weighted by Gasteiger charge is -2.17. The first-order valence-electron chi connectivity index (χ1n) is 10.8. The number of rotatable bonds is 15. The van der Waals surface area contributed by atoms with E-state index < -0.39 is 39.1 Å². The lowest BCUT2D eigenvalue weighted by atomic mass is 10.1. The third-order valence-electron chi connectivity index (χ3n) is 3.97. The van der Waals surface area contributed by atoms with Crippen LogP contribution in [0, 0.1) is 59.7 Å². The second-order valence-corrected chi connectivity index (χ2v) is 8.11. The van der Waals surface area contributed by atoms with Crippen LogP contribution >= 0.6 is 7.82 Å². The Balaban J connectivity index is 4.52. The highest BCUT2D eigenvalue weighted by molar-refractivity contribution is 7.46. The molecule has 9 heteroatoms. The minimum atomic E-state index is -4.80. The van der Waals surface area contributed by atoms with E-state index in [0.717, 1.165) is 19.3 Å². The van der Waals surface area contributed by atoms with Crippen molar-refractivity contribution in [1.29, 1.82) is 0 Å². The van der Waals surface area contributed by atoms with E-state index in [0.29, 0.717) is 6.42 Å². The number of phosphoric acid groups is 1. The summed E-state index contributed by atoms with van der Waals surface area (Å²) in [5.74, 6) is 18.7. The van der Waals surface area contributed by atoms with Crippen molar-refractivity contribution in [2.24, 2.45) is 0 Å². The molecule has 34 heavy (non-hydrogen) atoms. The molecule has 0 saturated heterocycles. The molecule has 0 bridgehead atoms. The molecule has 0 aromatic carbocycles. The molecule has 0 fully saturated rings. The third-order valence-corrected chi connectivity index (χ3v) is 4.46. The highest BCUT2D eigenvalue weighted by Gasteiger charge is 2.22. The first-order chi connectivity index (χ1) is 16.3. The van der Waals surface area contributed by atoms with Crippen molar-refractivity contribution in [1.82, 2.24) is 0 Å². The highest BCUT2D eigenvalue weighted by Crippen LogP contribution is 2.35. The molecule has 0 heterocycles. The Morgan fingerprint density at radius 2 is 1.41 bits per heavy atom. The number of ether oxygens (including phenoxy) is 2. The van der Waals surface area contributed by atoms with Crippen molar-refractivity contribution in [3.63, 3.8) is 0 Å². The first kappa shape index (κ1) is 30.8. The second-order valence-electron chi connectivity index (χ2n) is 6.87. The van der Waals surface area contributed by atoms with Crippen LogP contribution in [0.2, 0.25) is 0 Å². The minimum absolute atomic E-state index is 0.136. The van der Waals surface area contributed by atoms with Crippen molar-refractivity contribution >= 4 is 19.8 Å². The van der Waals surface area contributed by atoms with Gasteiger partial charge in [0.1, 0.15) is 6.61 Å². The molecule has 0 rings (SSSR count). The summed E-state index contributed by atoms with van der Waals surface area (Å²) in [6.45, 7) is 1.01. The van der Waals surface area contributed by atoms with Gasteiger partial charge in [0, 0.05) is 12.3 Å². The number of unbranched alkanes of at least 4 members (excludes halogenated alkanes) is 7. The molecule has 1 atom stereocenters. The maximum absolute atomic E-state index is 12.0. The Labute approximate surface area is 201 Å². The number of carbonyl (C=O) groups excluding carboxylic acids is 2. The van der Waals surface area contributed by atoms with Gasteiger partial charge in [0.25, 0.3) is 0 Å². The van der Waals surface area contributed by atoms with Crippen molar-refractivity contribution in [2.75, 3.05) is 13.2 Å². The van der Waals surface area contributed by atoms with Crippen LogP contribution in [0.1, 0.15) is 64.7 Å². The van der Waals surface area contributed by atoms with Crippen LogP contribution in [0.15, 0.2) is 0 Å². The summed E-state index contributed by atoms with van der Waals surface area (Å²) in [5.41, 5.74) is 0. The topological polar surface area (TPSA) is 119 Å². The molecule has 0 radical (unpaired) electrons. The summed E-state index contributed by atoms with van der Waals surface area (Å²) >= 11 is 0. The van der Waals surface area contributed by atoms with Crippen molar-refractivity contribution in [2.45, 2.75) is 70.8 Å². The van der Waals surface area contributed by atoms with Gasteiger partial charge in [-0.25, -0.2) is 9.36 Å². The van der Waals surface area contributed by atoms with Crippen LogP contribution in [0.5, 0.6) is 0 Å². The lowest BCUT2D eigenvalue weighted by molar-refractivity contribution is -0.158. The zero-order valence-electron chi connectivity index (χ0n) is 19.2. The average Bonchev–Trinajstić information content (AvgIpc) is 2.78. The fourth-order valence-corrected chi connectivity index (χ4v) is 2.78. The highest BCUT2D eigenvalue weighted by atomic mass is 31.2. The van der Waals surface area contributed by atoms with Gasteiger partial charge in [0.15, 0.2) is 6.10 Å². The fraction of sp³-hybridized carbons (Fsp3) is 0.520. The molecular formula is C25H29O8P. The molecular weight excluding hydrogens is 459 g/mol. The van der Waals surface area contributed by atoms with Gasteiger partial charge < -0.3 is 19.3 Å². The molecule has 0 spiro atoms. The van der Waals surface area contributed by atoms with Crippen LogP contribution in [-0.2, 0) is 28.2 Å². The second kappa shape index (κ2) is 20.5. The number of phosphoric ester groups is 1. The molecule has 0 saturated carbocycles. The van der Waals surface area contributed by atoms with E-state index in [9.17, 15) is 14.2 Å². The average molecular weight is 488 g/mol. The van der Waals surface area contributed by atoms with E-state index in [1.165, 1.54) is 25.7 Å². The Morgan fingerprint density at radius 3 is 2.00 bits per heavy atom. The minimum Gasteiger partial charge on any atom is -0.456 e. The monoisotopic (exact) mass is 488 g/mol. The summed E-state index contributed by atoms with van der Waals surface area (Å²) in [6, 6.07) is 0. The van der Waals surface area contributed by atoms with Gasteiger partial charge in [-0.1, -0.05) is 51.9 Å². The zero-order chi connectivity index (χ0) is 25.5. The summed E-state index contributed by atoms with van der Waals surface area (Å²) < 4.78 is 25.3. The Kier molecular flexibility index (Phi) is 18.6. The molecule has 0 aromatic rings. The Morgan fingerprint density at radius 1 is 0.853 bits per heavy atom. The van der Waals surface area contributed by atoms with Crippen LogP contribution in [0.3, 0.4) is 0 Å². The van der Waals surface area contributed by atoms with Gasteiger partial charge in [0.05, 0.1) is 6.61 Å².